The maximum atomic E-state index is 15.2. The lowest BCUT2D eigenvalue weighted by Crippen LogP contribution is -2.57. The fraction of sp³-hybridized carbons (Fsp3) is 0.222. The number of amides is 1. The maximum absolute atomic E-state index is 15.2. The lowest BCUT2D eigenvalue weighted by molar-refractivity contribution is -0.119. The van der Waals surface area contributed by atoms with Crippen molar-refractivity contribution in [3.63, 3.8) is 0 Å². The van der Waals surface area contributed by atoms with Gasteiger partial charge in [-0.3, -0.25) is 9.69 Å². The van der Waals surface area contributed by atoms with Gasteiger partial charge in [0.25, 0.3) is 0 Å². The maximum Gasteiger partial charge on any atom is 0.414 e. The molecule has 4 aromatic rings. The fourth-order valence-corrected chi connectivity index (χ4v) is 6.44. The van der Waals surface area contributed by atoms with E-state index in [0.717, 1.165) is 11.1 Å². The van der Waals surface area contributed by atoms with Crippen molar-refractivity contribution < 1.29 is 33.3 Å². The fourth-order valence-electron chi connectivity index (χ4n) is 6.44. The Bertz CT molecular complexity index is 1750. The molecule has 1 aliphatic heterocycles. The first-order valence-corrected chi connectivity index (χ1v) is 14.2. The number of methoxy groups -OCH3 is 4. The number of fused-ring (bicyclic) bond motifs is 3. The van der Waals surface area contributed by atoms with Gasteiger partial charge in [0.2, 0.25) is 0 Å². The average Bonchev–Trinajstić information content (AvgIpc) is 3.44. The van der Waals surface area contributed by atoms with Crippen LogP contribution in [0.2, 0.25) is 0 Å². The molecule has 0 saturated heterocycles. The third kappa shape index (κ3) is 4.72. The quantitative estimate of drug-likeness (QED) is 0.242. The summed E-state index contributed by atoms with van der Waals surface area (Å²) in [6.45, 7) is 0.0788. The first-order chi connectivity index (χ1) is 21.4. The molecule has 2 atom stereocenters. The van der Waals surface area contributed by atoms with E-state index in [2.05, 4.69) is 0 Å². The van der Waals surface area contributed by atoms with Crippen LogP contribution in [0.4, 0.5) is 4.79 Å². The van der Waals surface area contributed by atoms with E-state index in [1.54, 1.807) is 51.7 Å². The van der Waals surface area contributed by atoms with Crippen molar-refractivity contribution >= 4 is 17.4 Å². The summed E-state index contributed by atoms with van der Waals surface area (Å²) in [5.41, 5.74) is 2.62. The number of nitrogens with zero attached hydrogens (tertiary/aromatic N) is 1. The first kappa shape index (κ1) is 28.9. The zero-order valence-electron chi connectivity index (χ0n) is 25.0. The van der Waals surface area contributed by atoms with Crippen LogP contribution in [0.25, 0.3) is 5.57 Å². The van der Waals surface area contributed by atoms with Gasteiger partial charge in [-0.05, 0) is 59.0 Å². The van der Waals surface area contributed by atoms with Gasteiger partial charge in [0.05, 0.1) is 34.5 Å². The third-order valence-electron chi connectivity index (χ3n) is 8.45. The summed E-state index contributed by atoms with van der Waals surface area (Å²) in [4.78, 5) is 30.9. The largest absolute Gasteiger partial charge is 0.497 e. The number of Topliss-reactive ketones (excluding diaryl/α,β-unsaturated/α-hetero) is 1. The van der Waals surface area contributed by atoms with Gasteiger partial charge in [-0.25, -0.2) is 4.79 Å². The van der Waals surface area contributed by atoms with Crippen LogP contribution < -0.4 is 18.9 Å². The summed E-state index contributed by atoms with van der Waals surface area (Å²) in [7, 11) is 6.31. The third-order valence-corrected chi connectivity index (χ3v) is 8.45. The molecule has 2 aliphatic rings. The summed E-state index contributed by atoms with van der Waals surface area (Å²) in [6, 6.07) is 27.2. The molecule has 0 saturated carbocycles. The predicted molar refractivity (Wildman–Crippen MR) is 165 cm³/mol. The van der Waals surface area contributed by atoms with Gasteiger partial charge in [0, 0.05) is 23.4 Å². The van der Waals surface area contributed by atoms with Gasteiger partial charge in [-0.15, -0.1) is 0 Å². The van der Waals surface area contributed by atoms with Crippen molar-refractivity contribution in [1.29, 1.82) is 0 Å². The molecule has 0 N–H and O–H groups in total. The number of carbonyl (C=O) groups is 2. The standard InChI is InChI=1S/C36H33NO7/c1-40-27-14-8-12-24(16-27)30-21-37(35(39)44-22-23-10-6-5-7-11-23)32-18-25-17-29(42-3)20-31(43-4)33(25)36(32,34(30)38)26-13-9-15-28(19-26)41-2/h5-17,19-21,32H,18,22H2,1-4H3/t32-,36-/m0/s1. The van der Waals surface area contributed by atoms with Crippen LogP contribution in [0.3, 0.4) is 0 Å². The van der Waals surface area contributed by atoms with Crippen molar-refractivity contribution in [2.45, 2.75) is 24.5 Å². The molecular formula is C36H33NO7. The normalized spacial score (nSPS) is 18.5. The number of ether oxygens (including phenoxy) is 5. The monoisotopic (exact) mass is 591 g/mol. The molecule has 0 unspecified atom stereocenters. The topological polar surface area (TPSA) is 83.5 Å². The average molecular weight is 592 g/mol. The summed E-state index contributed by atoms with van der Waals surface area (Å²) < 4.78 is 28.5. The van der Waals surface area contributed by atoms with E-state index < -0.39 is 17.6 Å². The van der Waals surface area contributed by atoms with E-state index in [1.807, 2.05) is 78.9 Å². The van der Waals surface area contributed by atoms with Crippen LogP contribution in [-0.4, -0.2) is 51.3 Å². The number of hydrogen-bond acceptors (Lipinski definition) is 7. The molecule has 4 aromatic carbocycles. The molecular weight excluding hydrogens is 558 g/mol. The first-order valence-electron chi connectivity index (χ1n) is 14.2. The van der Waals surface area contributed by atoms with Gasteiger partial charge in [0.15, 0.2) is 5.78 Å². The molecule has 1 aliphatic carbocycles. The molecule has 0 radical (unpaired) electrons. The summed E-state index contributed by atoms with van der Waals surface area (Å²) in [5, 5.41) is 0. The van der Waals surface area contributed by atoms with Gasteiger partial charge in [-0.1, -0.05) is 54.6 Å². The molecule has 1 amide bonds. The van der Waals surface area contributed by atoms with Crippen LogP contribution in [0.1, 0.15) is 27.8 Å². The zero-order chi connectivity index (χ0) is 30.8. The van der Waals surface area contributed by atoms with Crippen molar-refractivity contribution in [2.75, 3.05) is 28.4 Å². The molecule has 8 nitrogen and oxygen atoms in total. The Labute approximate surface area is 256 Å². The highest BCUT2D eigenvalue weighted by Crippen LogP contribution is 2.56. The van der Waals surface area contributed by atoms with Crippen molar-refractivity contribution in [3.05, 3.63) is 125 Å². The Hall–Kier alpha value is -5.24. The number of ketones is 1. The number of allylic oxidation sites excluding steroid dienone is 1. The van der Waals surface area contributed by atoms with Crippen molar-refractivity contribution in [2.24, 2.45) is 0 Å². The van der Waals surface area contributed by atoms with Gasteiger partial charge in [-0.2, -0.15) is 0 Å². The molecule has 0 spiro atoms. The smallest absolute Gasteiger partial charge is 0.414 e. The Balaban J connectivity index is 1.61. The number of rotatable bonds is 8. The van der Waals surface area contributed by atoms with Crippen molar-refractivity contribution in [1.82, 2.24) is 4.90 Å². The van der Waals surface area contributed by atoms with Gasteiger partial charge in [0.1, 0.15) is 35.0 Å². The van der Waals surface area contributed by atoms with E-state index in [4.69, 9.17) is 23.7 Å². The van der Waals surface area contributed by atoms with Crippen molar-refractivity contribution in [3.8, 4) is 23.0 Å². The summed E-state index contributed by atoms with van der Waals surface area (Å²) in [6.07, 6.45) is 1.40. The lowest BCUT2D eigenvalue weighted by atomic mass is 9.65. The van der Waals surface area contributed by atoms with E-state index >= 15 is 4.79 Å². The highest BCUT2D eigenvalue weighted by atomic mass is 16.6. The summed E-state index contributed by atoms with van der Waals surface area (Å²) >= 11 is 0. The van der Waals surface area contributed by atoms with Crippen LogP contribution in [0.15, 0.2) is 97.2 Å². The van der Waals surface area contributed by atoms with Crippen LogP contribution in [0.5, 0.6) is 23.0 Å². The highest BCUT2D eigenvalue weighted by molar-refractivity contribution is 6.28. The molecule has 0 bridgehead atoms. The van der Waals surface area contributed by atoms with E-state index in [-0.39, 0.29) is 12.4 Å². The van der Waals surface area contributed by atoms with Crippen LogP contribution in [0, 0.1) is 0 Å². The minimum atomic E-state index is -1.36. The minimum absolute atomic E-state index is 0.0788. The predicted octanol–water partition coefficient (Wildman–Crippen LogP) is 6.19. The second-order valence-corrected chi connectivity index (χ2v) is 10.7. The highest BCUT2D eigenvalue weighted by Gasteiger charge is 2.61. The molecule has 6 rings (SSSR count). The Kier molecular flexibility index (Phi) is 7.74. The Morgan fingerprint density at radius 2 is 1.50 bits per heavy atom. The molecule has 8 heteroatoms. The molecule has 0 aromatic heterocycles. The second-order valence-electron chi connectivity index (χ2n) is 10.7. The molecule has 224 valence electrons. The summed E-state index contributed by atoms with van der Waals surface area (Å²) in [5.74, 6) is 2.06. The zero-order valence-corrected chi connectivity index (χ0v) is 25.0. The lowest BCUT2D eigenvalue weighted by Gasteiger charge is -2.44. The Morgan fingerprint density at radius 3 is 2.20 bits per heavy atom. The van der Waals surface area contributed by atoms with Crippen LogP contribution >= 0.6 is 0 Å². The van der Waals surface area contributed by atoms with E-state index in [9.17, 15) is 4.79 Å². The second kappa shape index (κ2) is 11.8. The van der Waals surface area contributed by atoms with Crippen LogP contribution in [-0.2, 0) is 28.0 Å². The molecule has 1 heterocycles. The minimum Gasteiger partial charge on any atom is -0.497 e. The van der Waals surface area contributed by atoms with E-state index in [1.165, 1.54) is 0 Å². The van der Waals surface area contributed by atoms with Gasteiger partial charge < -0.3 is 23.7 Å². The van der Waals surface area contributed by atoms with E-state index in [0.29, 0.717) is 51.7 Å². The Morgan fingerprint density at radius 1 is 0.795 bits per heavy atom. The number of benzene rings is 4. The SMILES string of the molecule is COc1cccc(C2=CN(C(=O)OCc3ccccc3)[C@H]3Cc4cc(OC)cc(OC)c4[C@@]3(c3cccc(OC)c3)C2=O)c1. The molecule has 0 fully saturated rings. The molecule has 44 heavy (non-hydrogen) atoms. The number of carbonyl (C=O) groups excluding carboxylic acids is 2. The number of hydrogen-bond donors (Lipinski definition) is 0. The van der Waals surface area contributed by atoms with Gasteiger partial charge >= 0.3 is 6.09 Å².